The summed E-state index contributed by atoms with van der Waals surface area (Å²) in [6, 6.07) is 15.2. The molecule has 1 aliphatic rings. The first-order valence-corrected chi connectivity index (χ1v) is 12.1. The Hall–Kier alpha value is -4.00. The van der Waals surface area contributed by atoms with E-state index in [1.807, 2.05) is 27.7 Å². The molecule has 4 rings (SSSR count). The van der Waals surface area contributed by atoms with Crippen LogP contribution in [0.3, 0.4) is 0 Å². The lowest BCUT2D eigenvalue weighted by Crippen LogP contribution is -2.29. The Morgan fingerprint density at radius 1 is 0.946 bits per heavy atom. The third kappa shape index (κ3) is 5.26. The number of rotatable bonds is 6. The molecule has 7 heteroatoms. The van der Waals surface area contributed by atoms with Crippen molar-refractivity contribution in [1.29, 1.82) is 0 Å². The van der Waals surface area contributed by atoms with Crippen molar-refractivity contribution in [3.8, 4) is 5.75 Å². The van der Waals surface area contributed by atoms with E-state index in [2.05, 4.69) is 0 Å². The van der Waals surface area contributed by atoms with Gasteiger partial charge in [0.25, 0.3) is 11.7 Å². The Bertz CT molecular complexity index is 1360. The number of halogens is 2. The van der Waals surface area contributed by atoms with E-state index in [4.69, 9.17) is 4.74 Å². The fourth-order valence-corrected chi connectivity index (χ4v) is 4.52. The lowest BCUT2D eigenvalue weighted by molar-refractivity contribution is -0.140. The van der Waals surface area contributed by atoms with Gasteiger partial charge in [0.2, 0.25) is 0 Å². The summed E-state index contributed by atoms with van der Waals surface area (Å²) < 4.78 is 32.9. The summed E-state index contributed by atoms with van der Waals surface area (Å²) in [4.78, 5) is 27.8. The topological polar surface area (TPSA) is 66.8 Å². The van der Waals surface area contributed by atoms with Crippen molar-refractivity contribution in [3.05, 3.63) is 106 Å². The standard InChI is InChI=1S/C30H29F2NO4/c1-5-37-24-15-10-20(16-23(24)30(2,3)4)27(34)25-26(19-8-13-22(32)14-9-19)33(29(36)28(25)35)17-18-6-11-21(31)12-7-18/h6-16,26,34H,5,17H2,1-4H3/b27-25-. The van der Waals surface area contributed by atoms with Gasteiger partial charge in [-0.3, -0.25) is 9.59 Å². The van der Waals surface area contributed by atoms with Crippen LogP contribution in [0.2, 0.25) is 0 Å². The maximum Gasteiger partial charge on any atom is 0.295 e. The van der Waals surface area contributed by atoms with Crippen molar-refractivity contribution < 1.29 is 28.2 Å². The molecule has 3 aromatic carbocycles. The molecule has 0 aliphatic carbocycles. The Labute approximate surface area is 215 Å². The zero-order valence-electron chi connectivity index (χ0n) is 21.2. The van der Waals surface area contributed by atoms with Gasteiger partial charge in [0.05, 0.1) is 18.2 Å². The van der Waals surface area contributed by atoms with Crippen molar-refractivity contribution in [2.75, 3.05) is 6.61 Å². The number of likely N-dealkylation sites (tertiary alicyclic amines) is 1. The lowest BCUT2D eigenvalue weighted by atomic mass is 9.84. The Morgan fingerprint density at radius 3 is 2.11 bits per heavy atom. The number of ether oxygens (including phenoxy) is 1. The third-order valence-corrected chi connectivity index (χ3v) is 6.35. The van der Waals surface area contributed by atoms with Crippen LogP contribution in [-0.4, -0.2) is 28.3 Å². The van der Waals surface area contributed by atoms with Crippen LogP contribution in [0.5, 0.6) is 5.75 Å². The predicted molar refractivity (Wildman–Crippen MR) is 137 cm³/mol. The average Bonchev–Trinajstić information content (AvgIpc) is 3.10. The highest BCUT2D eigenvalue weighted by atomic mass is 19.1. The highest BCUT2D eigenvalue weighted by Gasteiger charge is 2.46. The fraction of sp³-hybridized carbons (Fsp3) is 0.267. The number of Topliss-reactive ketones (excluding diaryl/α,β-unsaturated/α-hetero) is 1. The summed E-state index contributed by atoms with van der Waals surface area (Å²) in [5.41, 5.74) is 1.84. The Kier molecular flexibility index (Phi) is 7.16. The van der Waals surface area contributed by atoms with Gasteiger partial charge in [-0.25, -0.2) is 8.78 Å². The first-order valence-electron chi connectivity index (χ1n) is 12.1. The molecule has 1 fully saturated rings. The van der Waals surface area contributed by atoms with Gasteiger partial charge in [-0.1, -0.05) is 45.0 Å². The van der Waals surface area contributed by atoms with Crippen LogP contribution in [0.15, 0.2) is 72.3 Å². The number of benzene rings is 3. The van der Waals surface area contributed by atoms with Crippen LogP contribution >= 0.6 is 0 Å². The molecule has 1 aliphatic heterocycles. The van der Waals surface area contributed by atoms with Gasteiger partial charge in [-0.15, -0.1) is 0 Å². The van der Waals surface area contributed by atoms with Gasteiger partial charge in [-0.2, -0.15) is 0 Å². The predicted octanol–water partition coefficient (Wildman–Crippen LogP) is 6.28. The molecule has 3 aromatic rings. The van der Waals surface area contributed by atoms with E-state index in [0.717, 1.165) is 5.56 Å². The number of aliphatic hydroxyl groups excluding tert-OH is 1. The summed E-state index contributed by atoms with van der Waals surface area (Å²) in [5, 5.41) is 11.4. The molecule has 1 saturated heterocycles. The molecule has 37 heavy (non-hydrogen) atoms. The number of carbonyl (C=O) groups is 2. The molecule has 1 heterocycles. The van der Waals surface area contributed by atoms with Crippen LogP contribution in [0.1, 0.15) is 56.0 Å². The number of hydrogen-bond donors (Lipinski definition) is 1. The average molecular weight is 506 g/mol. The van der Waals surface area contributed by atoms with Gasteiger partial charge in [0, 0.05) is 17.7 Å². The zero-order chi connectivity index (χ0) is 26.9. The molecule has 1 N–H and O–H groups in total. The van der Waals surface area contributed by atoms with Crippen LogP contribution in [-0.2, 0) is 21.5 Å². The Balaban J connectivity index is 1.87. The normalized spacial score (nSPS) is 17.4. The summed E-state index contributed by atoms with van der Waals surface area (Å²) in [7, 11) is 0. The molecule has 1 amide bonds. The first kappa shape index (κ1) is 26.1. The van der Waals surface area contributed by atoms with Gasteiger partial charge >= 0.3 is 0 Å². The minimum absolute atomic E-state index is 0.000194. The third-order valence-electron chi connectivity index (χ3n) is 6.35. The van der Waals surface area contributed by atoms with Crippen molar-refractivity contribution in [1.82, 2.24) is 4.90 Å². The first-order chi connectivity index (χ1) is 17.5. The number of carbonyl (C=O) groups excluding carboxylic acids is 2. The van der Waals surface area contributed by atoms with E-state index < -0.39 is 29.4 Å². The molecule has 192 valence electrons. The van der Waals surface area contributed by atoms with Crippen LogP contribution in [0.25, 0.3) is 5.76 Å². The van der Waals surface area contributed by atoms with E-state index in [-0.39, 0.29) is 23.3 Å². The Morgan fingerprint density at radius 2 is 1.54 bits per heavy atom. The minimum Gasteiger partial charge on any atom is -0.507 e. The molecule has 0 bridgehead atoms. The lowest BCUT2D eigenvalue weighted by Gasteiger charge is -2.26. The zero-order valence-corrected chi connectivity index (χ0v) is 21.2. The van der Waals surface area contributed by atoms with Crippen molar-refractivity contribution >= 4 is 17.4 Å². The number of aliphatic hydroxyl groups is 1. The summed E-state index contributed by atoms with van der Waals surface area (Å²) in [6.45, 7) is 8.37. The van der Waals surface area contributed by atoms with E-state index in [1.54, 1.807) is 18.2 Å². The summed E-state index contributed by atoms with van der Waals surface area (Å²) in [5.74, 6) is -2.21. The second-order valence-electron chi connectivity index (χ2n) is 10.00. The fourth-order valence-electron chi connectivity index (χ4n) is 4.52. The van der Waals surface area contributed by atoms with E-state index in [0.29, 0.717) is 29.0 Å². The highest BCUT2D eigenvalue weighted by molar-refractivity contribution is 6.46. The minimum atomic E-state index is -0.963. The van der Waals surface area contributed by atoms with Gasteiger partial charge < -0.3 is 14.7 Å². The number of hydrogen-bond acceptors (Lipinski definition) is 4. The van der Waals surface area contributed by atoms with E-state index in [1.165, 1.54) is 53.4 Å². The number of amides is 1. The second kappa shape index (κ2) is 10.2. The van der Waals surface area contributed by atoms with E-state index >= 15 is 0 Å². The largest absolute Gasteiger partial charge is 0.507 e. The van der Waals surface area contributed by atoms with E-state index in [9.17, 15) is 23.5 Å². The summed E-state index contributed by atoms with van der Waals surface area (Å²) in [6.07, 6.45) is 0. The molecule has 1 atom stereocenters. The monoisotopic (exact) mass is 505 g/mol. The molecule has 5 nitrogen and oxygen atoms in total. The van der Waals surface area contributed by atoms with Crippen LogP contribution in [0.4, 0.5) is 8.78 Å². The van der Waals surface area contributed by atoms with Crippen molar-refractivity contribution in [2.24, 2.45) is 0 Å². The maximum absolute atomic E-state index is 13.7. The molecule has 0 spiro atoms. The van der Waals surface area contributed by atoms with Gasteiger partial charge in [-0.05, 0) is 65.9 Å². The smallest absolute Gasteiger partial charge is 0.295 e. The highest BCUT2D eigenvalue weighted by Crippen LogP contribution is 2.41. The SMILES string of the molecule is CCOc1ccc(/C(O)=C2/C(=O)C(=O)N(Cc3ccc(F)cc3)C2c2ccc(F)cc2)cc1C(C)(C)C. The van der Waals surface area contributed by atoms with Gasteiger partial charge in [0.15, 0.2) is 0 Å². The molecule has 0 radical (unpaired) electrons. The van der Waals surface area contributed by atoms with Crippen LogP contribution < -0.4 is 4.74 Å². The molecule has 0 saturated carbocycles. The maximum atomic E-state index is 13.7. The molecule has 1 unspecified atom stereocenters. The second-order valence-corrected chi connectivity index (χ2v) is 10.00. The van der Waals surface area contributed by atoms with Gasteiger partial charge in [0.1, 0.15) is 23.1 Å². The molecule has 0 aromatic heterocycles. The number of ketones is 1. The molecular weight excluding hydrogens is 476 g/mol. The quantitative estimate of drug-likeness (QED) is 0.243. The van der Waals surface area contributed by atoms with Crippen LogP contribution in [0, 0.1) is 11.6 Å². The molecular formula is C30H29F2NO4. The van der Waals surface area contributed by atoms with Crippen molar-refractivity contribution in [2.45, 2.75) is 45.7 Å². The number of nitrogens with zero attached hydrogens (tertiary/aromatic N) is 1. The van der Waals surface area contributed by atoms with Crippen molar-refractivity contribution in [3.63, 3.8) is 0 Å². The summed E-state index contributed by atoms with van der Waals surface area (Å²) >= 11 is 0.